The molecule has 2 amide bonds. The van der Waals surface area contributed by atoms with Gasteiger partial charge in [-0.25, -0.2) is 19.9 Å². The number of ether oxygens (including phenoxy) is 2. The van der Waals surface area contributed by atoms with Crippen molar-refractivity contribution in [2.24, 2.45) is 10.7 Å². The van der Waals surface area contributed by atoms with E-state index in [0.717, 1.165) is 25.7 Å². The molecule has 0 aromatic carbocycles. The van der Waals surface area contributed by atoms with Crippen molar-refractivity contribution in [1.29, 1.82) is 0 Å². The third-order valence-electron chi connectivity index (χ3n) is 5.02. The van der Waals surface area contributed by atoms with Crippen LogP contribution in [0.15, 0.2) is 4.99 Å². The summed E-state index contributed by atoms with van der Waals surface area (Å²) >= 11 is 0. The molecule has 12 nitrogen and oxygen atoms in total. The number of nitrogens with one attached hydrogen (secondary N) is 2. The highest BCUT2D eigenvalue weighted by molar-refractivity contribution is 5.86. The van der Waals surface area contributed by atoms with Crippen LogP contribution in [-0.4, -0.2) is 70.9 Å². The minimum atomic E-state index is -0.807. The van der Waals surface area contributed by atoms with E-state index in [2.05, 4.69) is 10.3 Å². The first-order chi connectivity index (χ1) is 15.7. The van der Waals surface area contributed by atoms with Gasteiger partial charge in [0.15, 0.2) is 5.03 Å². The van der Waals surface area contributed by atoms with Crippen molar-refractivity contribution in [2.75, 3.05) is 19.7 Å². The number of nitro groups is 1. The van der Waals surface area contributed by atoms with Crippen LogP contribution in [0.4, 0.5) is 4.79 Å². The number of alkyl carbamates (subject to hydrolysis) is 1. The molecular weight excluding hydrogens is 444 g/mol. The normalized spacial score (nSPS) is 18.2. The molecule has 0 aliphatic carbocycles. The molecule has 0 aromatic heterocycles. The lowest BCUT2D eigenvalue weighted by Crippen LogP contribution is -2.54. The summed E-state index contributed by atoms with van der Waals surface area (Å²) in [4.78, 5) is 42.1. The molecule has 2 unspecified atom stereocenters. The largest absolute Gasteiger partial charge is 0.444 e. The maximum Gasteiger partial charge on any atom is 0.408 e. The summed E-state index contributed by atoms with van der Waals surface area (Å²) < 4.78 is 11.2. The molecule has 0 radical (unpaired) electrons. The SMILES string of the molecule is CC(C)(C)OCCC1CCCCN1C(=O)C(CCCN=C(N)N[N+](=O)[O-])NC(=O)OC(C)(C)C. The van der Waals surface area contributed by atoms with E-state index >= 15 is 0 Å². The number of carbonyl (C=O) groups is 2. The van der Waals surface area contributed by atoms with Gasteiger partial charge in [-0.3, -0.25) is 4.79 Å². The quantitative estimate of drug-likeness (QED) is 0.139. The molecule has 2 atom stereocenters. The Morgan fingerprint density at radius 1 is 1.21 bits per heavy atom. The lowest BCUT2D eigenvalue weighted by molar-refractivity contribution is -0.525. The topological polar surface area (TPSA) is 161 Å². The van der Waals surface area contributed by atoms with Gasteiger partial charge in [0.25, 0.3) is 5.96 Å². The molecule has 1 aliphatic rings. The van der Waals surface area contributed by atoms with Crippen LogP contribution in [-0.2, 0) is 14.3 Å². The summed E-state index contributed by atoms with van der Waals surface area (Å²) in [5.41, 5.74) is 6.25. The van der Waals surface area contributed by atoms with E-state index in [1.807, 2.05) is 25.7 Å². The Labute approximate surface area is 202 Å². The molecule has 0 spiro atoms. The van der Waals surface area contributed by atoms with Gasteiger partial charge in [0.05, 0.1) is 5.60 Å². The molecule has 1 saturated heterocycles. The van der Waals surface area contributed by atoms with Crippen LogP contribution in [0.1, 0.15) is 80.1 Å². The minimum absolute atomic E-state index is 0.0319. The lowest BCUT2D eigenvalue weighted by atomic mass is 9.97. The maximum atomic E-state index is 13.5. The second-order valence-corrected chi connectivity index (χ2v) is 10.4. The first-order valence-corrected chi connectivity index (χ1v) is 11.8. The first kappa shape index (κ1) is 29.4. The molecule has 0 saturated carbocycles. The summed E-state index contributed by atoms with van der Waals surface area (Å²) in [6.07, 6.45) is 3.53. The zero-order valence-corrected chi connectivity index (χ0v) is 21.4. The first-order valence-electron chi connectivity index (χ1n) is 11.8. The van der Waals surface area contributed by atoms with E-state index in [1.54, 1.807) is 26.2 Å². The highest BCUT2D eigenvalue weighted by atomic mass is 16.7. The second kappa shape index (κ2) is 13.3. The van der Waals surface area contributed by atoms with E-state index in [-0.39, 0.29) is 36.5 Å². The zero-order chi connectivity index (χ0) is 25.9. The van der Waals surface area contributed by atoms with E-state index in [1.165, 1.54) is 0 Å². The van der Waals surface area contributed by atoms with E-state index < -0.39 is 22.8 Å². The highest BCUT2D eigenvalue weighted by Gasteiger charge is 2.33. The van der Waals surface area contributed by atoms with E-state index in [0.29, 0.717) is 19.6 Å². The second-order valence-electron chi connectivity index (χ2n) is 10.4. The fourth-order valence-corrected chi connectivity index (χ4v) is 3.62. The number of hydrogen-bond acceptors (Lipinski definition) is 7. The van der Waals surface area contributed by atoms with Crippen molar-refractivity contribution >= 4 is 18.0 Å². The number of carbonyl (C=O) groups excluding carboxylic acids is 2. The van der Waals surface area contributed by atoms with Gasteiger partial charge in [-0.2, -0.15) is 0 Å². The zero-order valence-electron chi connectivity index (χ0n) is 21.4. The molecule has 1 rings (SSSR count). The summed E-state index contributed by atoms with van der Waals surface area (Å²) in [6, 6.07) is -0.775. The van der Waals surface area contributed by atoms with Crippen LogP contribution in [0.5, 0.6) is 0 Å². The van der Waals surface area contributed by atoms with Crippen molar-refractivity contribution in [3.63, 3.8) is 0 Å². The van der Waals surface area contributed by atoms with Crippen LogP contribution in [0, 0.1) is 10.1 Å². The third-order valence-corrected chi connectivity index (χ3v) is 5.02. The number of hydrazine groups is 1. The number of nitrogens with zero attached hydrogens (tertiary/aromatic N) is 3. The number of guanidine groups is 1. The lowest BCUT2D eigenvalue weighted by Gasteiger charge is -2.38. The molecular formula is C22H42N6O6. The molecule has 1 fully saturated rings. The van der Waals surface area contributed by atoms with Crippen molar-refractivity contribution in [3.8, 4) is 0 Å². The number of hydrogen-bond donors (Lipinski definition) is 3. The Bertz CT molecular complexity index is 716. The van der Waals surface area contributed by atoms with Gasteiger partial charge in [0.2, 0.25) is 5.91 Å². The van der Waals surface area contributed by atoms with Crippen LogP contribution in [0.2, 0.25) is 0 Å². The van der Waals surface area contributed by atoms with Gasteiger partial charge in [-0.15, -0.1) is 0 Å². The predicted octanol–water partition coefficient (Wildman–Crippen LogP) is 2.34. The van der Waals surface area contributed by atoms with Gasteiger partial charge in [0.1, 0.15) is 11.6 Å². The molecule has 1 aliphatic heterocycles. The summed E-state index contributed by atoms with van der Waals surface area (Å²) in [5, 5.41) is 12.3. The smallest absolute Gasteiger partial charge is 0.408 e. The fraction of sp³-hybridized carbons (Fsp3) is 0.864. The highest BCUT2D eigenvalue weighted by Crippen LogP contribution is 2.22. The average molecular weight is 487 g/mol. The van der Waals surface area contributed by atoms with E-state index in [4.69, 9.17) is 15.2 Å². The standard InChI is InChI=1S/C22H42N6O6/c1-21(2,3)33-15-12-16-10-7-8-14-27(16)18(29)17(25-20(30)34-22(4,5)6)11-9-13-24-19(23)26-28(31)32/h16-17H,7-15H2,1-6H3,(H,25,30)(H3,23,24,26). The van der Waals surface area contributed by atoms with Gasteiger partial charge in [-0.05, 0) is 80.1 Å². The number of nitrogens with two attached hydrogens (primary N) is 1. The molecule has 196 valence electrons. The maximum absolute atomic E-state index is 13.5. The minimum Gasteiger partial charge on any atom is -0.444 e. The Balaban J connectivity index is 2.86. The van der Waals surface area contributed by atoms with Crippen molar-refractivity contribution in [2.45, 2.75) is 103 Å². The summed E-state index contributed by atoms with van der Waals surface area (Å²) in [5.74, 6) is -0.491. The van der Waals surface area contributed by atoms with Gasteiger partial charge < -0.3 is 25.4 Å². The predicted molar refractivity (Wildman–Crippen MR) is 129 cm³/mol. The van der Waals surface area contributed by atoms with Crippen molar-refractivity contribution < 1.29 is 24.1 Å². The van der Waals surface area contributed by atoms with Crippen LogP contribution >= 0.6 is 0 Å². The summed E-state index contributed by atoms with van der Waals surface area (Å²) in [7, 11) is 0. The number of rotatable bonds is 10. The molecule has 1 heterocycles. The van der Waals surface area contributed by atoms with Gasteiger partial charge >= 0.3 is 6.09 Å². The Morgan fingerprint density at radius 2 is 1.88 bits per heavy atom. The molecule has 4 N–H and O–H groups in total. The molecule has 0 bridgehead atoms. The van der Waals surface area contributed by atoms with E-state index in [9.17, 15) is 19.7 Å². The molecule has 12 heteroatoms. The number of piperidine rings is 1. The van der Waals surface area contributed by atoms with Gasteiger partial charge in [-0.1, -0.05) is 5.43 Å². The van der Waals surface area contributed by atoms with Crippen LogP contribution in [0.25, 0.3) is 0 Å². The Morgan fingerprint density at radius 3 is 2.47 bits per heavy atom. The number of aliphatic imine (C=N–C) groups is 1. The van der Waals surface area contributed by atoms with Crippen LogP contribution in [0.3, 0.4) is 0 Å². The monoisotopic (exact) mass is 486 g/mol. The Kier molecular flexibility index (Phi) is 11.5. The molecule has 34 heavy (non-hydrogen) atoms. The Hall–Kier alpha value is -2.63. The molecule has 0 aromatic rings. The van der Waals surface area contributed by atoms with Gasteiger partial charge in [0, 0.05) is 25.7 Å². The number of amides is 2. The van der Waals surface area contributed by atoms with Crippen LogP contribution < -0.4 is 16.5 Å². The third kappa shape index (κ3) is 12.6. The van der Waals surface area contributed by atoms with Crippen molar-refractivity contribution in [1.82, 2.24) is 15.6 Å². The average Bonchev–Trinajstić information content (AvgIpc) is 2.67. The van der Waals surface area contributed by atoms with Crippen molar-refractivity contribution in [3.05, 3.63) is 10.1 Å². The number of likely N-dealkylation sites (tertiary alicyclic amines) is 1. The summed E-state index contributed by atoms with van der Waals surface area (Å²) in [6.45, 7) is 12.5. The fourth-order valence-electron chi connectivity index (χ4n) is 3.62.